The number of carbonyl (C=O) groups excluding carboxylic acids is 2. The van der Waals surface area contributed by atoms with Gasteiger partial charge in [0.05, 0.1) is 10.0 Å². The molecule has 1 N–H and O–H groups in total. The van der Waals surface area contributed by atoms with Gasteiger partial charge in [-0.1, -0.05) is 23.2 Å². The maximum absolute atomic E-state index is 11.8. The first-order chi connectivity index (χ1) is 9.43. The molecular formula is C12H14Cl2N2O4. The number of ether oxygens (including phenoxy) is 2. The Kier molecular flexibility index (Phi) is 6.70. The summed E-state index contributed by atoms with van der Waals surface area (Å²) in [6.45, 7) is 3.37. The average molecular weight is 321 g/mol. The Morgan fingerprint density at radius 2 is 2.15 bits per heavy atom. The fourth-order valence-corrected chi connectivity index (χ4v) is 1.62. The van der Waals surface area contributed by atoms with Gasteiger partial charge in [-0.15, -0.1) is 0 Å². The van der Waals surface area contributed by atoms with Crippen LogP contribution in [0.5, 0.6) is 0 Å². The van der Waals surface area contributed by atoms with Crippen LogP contribution >= 0.6 is 23.2 Å². The summed E-state index contributed by atoms with van der Waals surface area (Å²) in [5.74, 6) is -1.02. The third-order valence-corrected chi connectivity index (χ3v) is 2.65. The summed E-state index contributed by atoms with van der Waals surface area (Å²) in [6, 6.07) is 1.44. The molecule has 0 bridgehead atoms. The number of nitrogens with zero attached hydrogens (tertiary/aromatic N) is 1. The van der Waals surface area contributed by atoms with Crippen molar-refractivity contribution >= 4 is 40.9 Å². The average Bonchev–Trinajstić information content (AvgIpc) is 2.39. The first-order valence-electron chi connectivity index (χ1n) is 5.83. The molecule has 8 heteroatoms. The number of hydrogen-bond acceptors (Lipinski definition) is 5. The van der Waals surface area contributed by atoms with Crippen LogP contribution in [0.4, 0.5) is 5.82 Å². The normalized spacial score (nSPS) is 11.8. The fourth-order valence-electron chi connectivity index (χ4n) is 1.19. The first-order valence-corrected chi connectivity index (χ1v) is 6.58. The Hall–Kier alpha value is -1.37. The SMILES string of the molecule is CCOCC(=O)O[C@H](C)C(=O)Nc1ncc(Cl)cc1Cl. The van der Waals surface area contributed by atoms with E-state index in [0.717, 1.165) is 0 Å². The van der Waals surface area contributed by atoms with Crippen molar-refractivity contribution in [3.63, 3.8) is 0 Å². The summed E-state index contributed by atoms with van der Waals surface area (Å²) in [7, 11) is 0. The van der Waals surface area contributed by atoms with E-state index in [1.807, 2.05) is 0 Å². The van der Waals surface area contributed by atoms with E-state index in [2.05, 4.69) is 10.3 Å². The van der Waals surface area contributed by atoms with E-state index in [4.69, 9.17) is 32.7 Å². The quantitative estimate of drug-likeness (QED) is 0.814. The van der Waals surface area contributed by atoms with Gasteiger partial charge >= 0.3 is 5.97 Å². The standard InChI is InChI=1S/C12H14Cl2N2O4/c1-3-19-6-10(17)20-7(2)12(18)16-11-9(14)4-8(13)5-15-11/h4-5,7H,3,6H2,1-2H3,(H,15,16,18)/t7-/m1/s1. The van der Waals surface area contributed by atoms with Crippen LogP contribution in [0.25, 0.3) is 0 Å². The van der Waals surface area contributed by atoms with Gasteiger partial charge in [-0.25, -0.2) is 9.78 Å². The molecule has 1 aromatic heterocycles. The number of anilines is 1. The lowest BCUT2D eigenvalue weighted by Crippen LogP contribution is -2.31. The van der Waals surface area contributed by atoms with Crippen molar-refractivity contribution in [3.05, 3.63) is 22.3 Å². The van der Waals surface area contributed by atoms with Crippen LogP contribution < -0.4 is 5.32 Å². The summed E-state index contributed by atoms with van der Waals surface area (Å²) < 4.78 is 9.75. The van der Waals surface area contributed by atoms with Crippen molar-refractivity contribution in [1.82, 2.24) is 4.98 Å². The topological polar surface area (TPSA) is 77.5 Å². The lowest BCUT2D eigenvalue weighted by Gasteiger charge is -2.13. The molecule has 0 saturated heterocycles. The van der Waals surface area contributed by atoms with Gasteiger partial charge in [0.2, 0.25) is 0 Å². The number of pyridine rings is 1. The Bertz CT molecular complexity index is 496. The summed E-state index contributed by atoms with van der Waals surface area (Å²) >= 11 is 11.6. The van der Waals surface area contributed by atoms with Crippen LogP contribution in [0.15, 0.2) is 12.3 Å². The molecule has 1 heterocycles. The highest BCUT2D eigenvalue weighted by molar-refractivity contribution is 6.36. The Morgan fingerprint density at radius 1 is 1.45 bits per heavy atom. The largest absolute Gasteiger partial charge is 0.451 e. The molecule has 0 spiro atoms. The molecule has 0 aromatic carbocycles. The van der Waals surface area contributed by atoms with Crippen LogP contribution in [0.3, 0.4) is 0 Å². The molecule has 0 aliphatic rings. The van der Waals surface area contributed by atoms with E-state index in [1.165, 1.54) is 19.2 Å². The second-order valence-corrected chi connectivity index (χ2v) is 4.59. The van der Waals surface area contributed by atoms with E-state index >= 15 is 0 Å². The second kappa shape index (κ2) is 8.04. The van der Waals surface area contributed by atoms with Crippen molar-refractivity contribution in [2.45, 2.75) is 20.0 Å². The Balaban J connectivity index is 2.55. The zero-order chi connectivity index (χ0) is 15.1. The van der Waals surface area contributed by atoms with Crippen LogP contribution in [-0.4, -0.2) is 36.2 Å². The molecule has 1 atom stereocenters. The van der Waals surface area contributed by atoms with Gasteiger partial charge in [-0.3, -0.25) is 4.79 Å². The number of halogens is 2. The van der Waals surface area contributed by atoms with E-state index in [1.54, 1.807) is 6.92 Å². The van der Waals surface area contributed by atoms with E-state index in [-0.39, 0.29) is 17.4 Å². The molecule has 0 radical (unpaired) electrons. The predicted molar refractivity (Wildman–Crippen MR) is 74.9 cm³/mol. The number of rotatable bonds is 6. The fraction of sp³-hybridized carbons (Fsp3) is 0.417. The molecule has 0 fully saturated rings. The minimum Gasteiger partial charge on any atom is -0.451 e. The highest BCUT2D eigenvalue weighted by atomic mass is 35.5. The van der Waals surface area contributed by atoms with Crippen LogP contribution in [0.2, 0.25) is 10.0 Å². The first kappa shape index (κ1) is 16.7. The maximum Gasteiger partial charge on any atom is 0.332 e. The predicted octanol–water partition coefficient (Wildman–Crippen LogP) is 2.30. The molecule has 1 aromatic rings. The molecule has 0 aliphatic carbocycles. The zero-order valence-corrected chi connectivity index (χ0v) is 12.5. The van der Waals surface area contributed by atoms with Crippen molar-refractivity contribution in [3.8, 4) is 0 Å². The monoisotopic (exact) mass is 320 g/mol. The number of amides is 1. The van der Waals surface area contributed by atoms with Gasteiger partial charge in [0.15, 0.2) is 11.9 Å². The van der Waals surface area contributed by atoms with Gasteiger partial charge in [-0.05, 0) is 19.9 Å². The minimum atomic E-state index is -0.989. The molecule has 0 aliphatic heterocycles. The van der Waals surface area contributed by atoms with Crippen molar-refractivity contribution in [2.75, 3.05) is 18.5 Å². The van der Waals surface area contributed by atoms with Crippen molar-refractivity contribution < 1.29 is 19.1 Å². The summed E-state index contributed by atoms with van der Waals surface area (Å²) in [5, 5.41) is 2.98. The number of hydrogen-bond donors (Lipinski definition) is 1. The van der Waals surface area contributed by atoms with E-state index in [0.29, 0.717) is 11.6 Å². The lowest BCUT2D eigenvalue weighted by atomic mass is 10.3. The molecule has 20 heavy (non-hydrogen) atoms. The molecule has 1 amide bonds. The van der Waals surface area contributed by atoms with Gasteiger partial charge < -0.3 is 14.8 Å². The minimum absolute atomic E-state index is 0.147. The summed E-state index contributed by atoms with van der Waals surface area (Å²) in [4.78, 5) is 27.0. The lowest BCUT2D eigenvalue weighted by molar-refractivity contribution is -0.157. The molecule has 1 rings (SSSR count). The highest BCUT2D eigenvalue weighted by Gasteiger charge is 2.19. The van der Waals surface area contributed by atoms with Crippen LogP contribution in [0.1, 0.15) is 13.8 Å². The second-order valence-electron chi connectivity index (χ2n) is 3.74. The number of nitrogens with one attached hydrogen (secondary N) is 1. The zero-order valence-electron chi connectivity index (χ0n) is 11.0. The van der Waals surface area contributed by atoms with Gasteiger partial charge in [0.1, 0.15) is 6.61 Å². The smallest absolute Gasteiger partial charge is 0.332 e. The maximum atomic E-state index is 11.8. The highest BCUT2D eigenvalue weighted by Crippen LogP contribution is 2.22. The molecule has 6 nitrogen and oxygen atoms in total. The number of aromatic nitrogens is 1. The van der Waals surface area contributed by atoms with E-state index < -0.39 is 18.0 Å². The molecule has 110 valence electrons. The Labute approximate surface area is 126 Å². The third-order valence-electron chi connectivity index (χ3n) is 2.15. The molecular weight excluding hydrogens is 307 g/mol. The number of carbonyl (C=O) groups is 2. The Morgan fingerprint density at radius 3 is 2.75 bits per heavy atom. The van der Waals surface area contributed by atoms with Crippen LogP contribution in [-0.2, 0) is 19.1 Å². The number of esters is 1. The molecule has 0 saturated carbocycles. The van der Waals surface area contributed by atoms with Gasteiger partial charge in [-0.2, -0.15) is 0 Å². The molecule has 0 unspecified atom stereocenters. The summed E-state index contributed by atoms with van der Waals surface area (Å²) in [6.07, 6.45) is 0.353. The van der Waals surface area contributed by atoms with Crippen LogP contribution in [0, 0.1) is 0 Å². The van der Waals surface area contributed by atoms with E-state index in [9.17, 15) is 9.59 Å². The van der Waals surface area contributed by atoms with Crippen molar-refractivity contribution in [2.24, 2.45) is 0 Å². The summed E-state index contributed by atoms with van der Waals surface area (Å²) in [5.41, 5.74) is 0. The van der Waals surface area contributed by atoms with Gasteiger partial charge in [0, 0.05) is 12.8 Å². The third kappa shape index (κ3) is 5.32. The van der Waals surface area contributed by atoms with Crippen molar-refractivity contribution in [1.29, 1.82) is 0 Å². The van der Waals surface area contributed by atoms with Gasteiger partial charge in [0.25, 0.3) is 5.91 Å².